The van der Waals surface area contributed by atoms with Crippen LogP contribution in [-0.2, 0) is 6.54 Å². The standard InChI is InChI=1S/C12H14N2S/c1-9-3-4-12(13-7-9)14-8-11-10(2)5-6-15-11/h3-7H,8H2,1-2H3,(H,13,14). The van der Waals surface area contributed by atoms with Gasteiger partial charge in [0.2, 0.25) is 0 Å². The predicted molar refractivity (Wildman–Crippen MR) is 65.4 cm³/mol. The van der Waals surface area contributed by atoms with E-state index in [-0.39, 0.29) is 0 Å². The van der Waals surface area contributed by atoms with Gasteiger partial charge in [-0.05, 0) is 42.5 Å². The topological polar surface area (TPSA) is 24.9 Å². The minimum absolute atomic E-state index is 0.861. The van der Waals surface area contributed by atoms with Crippen molar-refractivity contribution in [1.82, 2.24) is 4.98 Å². The summed E-state index contributed by atoms with van der Waals surface area (Å²) < 4.78 is 0. The van der Waals surface area contributed by atoms with E-state index >= 15 is 0 Å². The van der Waals surface area contributed by atoms with E-state index in [0.29, 0.717) is 0 Å². The van der Waals surface area contributed by atoms with Crippen molar-refractivity contribution < 1.29 is 0 Å². The molecule has 1 N–H and O–H groups in total. The van der Waals surface area contributed by atoms with Gasteiger partial charge in [-0.3, -0.25) is 0 Å². The number of hydrogen-bond donors (Lipinski definition) is 1. The van der Waals surface area contributed by atoms with Crippen LogP contribution in [0, 0.1) is 13.8 Å². The minimum Gasteiger partial charge on any atom is -0.365 e. The fourth-order valence-electron chi connectivity index (χ4n) is 1.33. The molecule has 2 aromatic rings. The fourth-order valence-corrected chi connectivity index (χ4v) is 2.17. The zero-order valence-electron chi connectivity index (χ0n) is 8.95. The first-order valence-electron chi connectivity index (χ1n) is 4.95. The van der Waals surface area contributed by atoms with Crippen LogP contribution in [0.15, 0.2) is 29.8 Å². The molecule has 0 amide bonds. The zero-order chi connectivity index (χ0) is 10.7. The molecule has 0 saturated heterocycles. The zero-order valence-corrected chi connectivity index (χ0v) is 9.77. The van der Waals surface area contributed by atoms with Crippen LogP contribution >= 0.6 is 11.3 Å². The second kappa shape index (κ2) is 4.45. The van der Waals surface area contributed by atoms with E-state index in [9.17, 15) is 0 Å². The van der Waals surface area contributed by atoms with Crippen LogP contribution in [0.5, 0.6) is 0 Å². The van der Waals surface area contributed by atoms with Crippen molar-refractivity contribution in [3.8, 4) is 0 Å². The molecule has 0 aliphatic heterocycles. The summed E-state index contributed by atoms with van der Waals surface area (Å²) in [5, 5.41) is 5.43. The summed E-state index contributed by atoms with van der Waals surface area (Å²) in [6.45, 7) is 5.04. The Morgan fingerprint density at radius 2 is 2.13 bits per heavy atom. The van der Waals surface area contributed by atoms with Crippen LogP contribution < -0.4 is 5.32 Å². The maximum atomic E-state index is 4.30. The monoisotopic (exact) mass is 218 g/mol. The van der Waals surface area contributed by atoms with Gasteiger partial charge in [-0.2, -0.15) is 0 Å². The Morgan fingerprint density at radius 3 is 2.73 bits per heavy atom. The lowest BCUT2D eigenvalue weighted by atomic mass is 10.3. The summed E-state index contributed by atoms with van der Waals surface area (Å²) in [6, 6.07) is 6.22. The first-order valence-corrected chi connectivity index (χ1v) is 5.83. The Morgan fingerprint density at radius 1 is 1.27 bits per heavy atom. The van der Waals surface area contributed by atoms with E-state index < -0.39 is 0 Å². The molecule has 0 bridgehead atoms. The summed E-state index contributed by atoms with van der Waals surface area (Å²) in [5.41, 5.74) is 2.53. The van der Waals surface area contributed by atoms with Crippen LogP contribution in [0.3, 0.4) is 0 Å². The molecule has 2 rings (SSSR count). The second-order valence-corrected chi connectivity index (χ2v) is 4.60. The number of aryl methyl sites for hydroxylation is 2. The molecule has 0 aliphatic carbocycles. The van der Waals surface area contributed by atoms with Crippen molar-refractivity contribution in [2.75, 3.05) is 5.32 Å². The number of nitrogens with one attached hydrogen (secondary N) is 1. The SMILES string of the molecule is Cc1ccc(NCc2sccc2C)nc1. The molecule has 3 heteroatoms. The number of anilines is 1. The molecule has 0 aliphatic rings. The lowest BCUT2D eigenvalue weighted by Crippen LogP contribution is -2.00. The van der Waals surface area contributed by atoms with E-state index in [1.165, 1.54) is 16.0 Å². The highest BCUT2D eigenvalue weighted by atomic mass is 32.1. The van der Waals surface area contributed by atoms with Crippen LogP contribution in [0.1, 0.15) is 16.0 Å². The van der Waals surface area contributed by atoms with Crippen molar-refractivity contribution >= 4 is 17.2 Å². The Labute approximate surface area is 94.0 Å². The van der Waals surface area contributed by atoms with Crippen molar-refractivity contribution in [2.45, 2.75) is 20.4 Å². The molecule has 0 spiro atoms. The average Bonchev–Trinajstić information content (AvgIpc) is 2.63. The Kier molecular flexibility index (Phi) is 3.02. The van der Waals surface area contributed by atoms with Crippen molar-refractivity contribution in [3.63, 3.8) is 0 Å². The quantitative estimate of drug-likeness (QED) is 0.854. The number of thiophene rings is 1. The summed E-state index contributed by atoms with van der Waals surface area (Å²) in [5.74, 6) is 0.938. The Balaban J connectivity index is 1.99. The third-order valence-electron chi connectivity index (χ3n) is 2.31. The summed E-state index contributed by atoms with van der Waals surface area (Å²) in [7, 11) is 0. The predicted octanol–water partition coefficient (Wildman–Crippen LogP) is 3.37. The normalized spacial score (nSPS) is 10.3. The van der Waals surface area contributed by atoms with Gasteiger partial charge in [0.15, 0.2) is 0 Å². The van der Waals surface area contributed by atoms with E-state index in [1.54, 1.807) is 11.3 Å². The minimum atomic E-state index is 0.861. The van der Waals surface area contributed by atoms with E-state index in [4.69, 9.17) is 0 Å². The van der Waals surface area contributed by atoms with Crippen molar-refractivity contribution in [2.24, 2.45) is 0 Å². The first kappa shape index (κ1) is 10.2. The van der Waals surface area contributed by atoms with Gasteiger partial charge in [0.05, 0.1) is 6.54 Å². The molecule has 2 heterocycles. The van der Waals surface area contributed by atoms with Crippen LogP contribution in [-0.4, -0.2) is 4.98 Å². The van der Waals surface area contributed by atoms with Crippen LogP contribution in [0.2, 0.25) is 0 Å². The number of hydrogen-bond acceptors (Lipinski definition) is 3. The lowest BCUT2D eigenvalue weighted by molar-refractivity contribution is 1.12. The fraction of sp³-hybridized carbons (Fsp3) is 0.250. The summed E-state index contributed by atoms with van der Waals surface area (Å²) in [4.78, 5) is 5.67. The van der Waals surface area contributed by atoms with Crippen LogP contribution in [0.25, 0.3) is 0 Å². The van der Waals surface area contributed by atoms with Crippen molar-refractivity contribution in [1.29, 1.82) is 0 Å². The average molecular weight is 218 g/mol. The van der Waals surface area contributed by atoms with Gasteiger partial charge in [0.25, 0.3) is 0 Å². The molecule has 2 nitrogen and oxygen atoms in total. The van der Waals surface area contributed by atoms with Gasteiger partial charge in [0, 0.05) is 11.1 Å². The van der Waals surface area contributed by atoms with Crippen LogP contribution in [0.4, 0.5) is 5.82 Å². The lowest BCUT2D eigenvalue weighted by Gasteiger charge is -2.04. The Bertz CT molecular complexity index is 431. The molecule has 0 atom stereocenters. The molecule has 0 unspecified atom stereocenters. The molecule has 0 radical (unpaired) electrons. The maximum absolute atomic E-state index is 4.30. The number of aromatic nitrogens is 1. The van der Waals surface area contributed by atoms with Gasteiger partial charge in [-0.1, -0.05) is 6.07 Å². The second-order valence-electron chi connectivity index (χ2n) is 3.60. The largest absolute Gasteiger partial charge is 0.365 e. The first-order chi connectivity index (χ1) is 7.25. The summed E-state index contributed by atoms with van der Waals surface area (Å²) >= 11 is 1.78. The molecule has 0 aromatic carbocycles. The third-order valence-corrected chi connectivity index (χ3v) is 3.33. The molecule has 0 saturated carbocycles. The highest BCUT2D eigenvalue weighted by molar-refractivity contribution is 7.10. The molecule has 78 valence electrons. The third kappa shape index (κ3) is 2.57. The van der Waals surface area contributed by atoms with E-state index in [1.807, 2.05) is 19.2 Å². The maximum Gasteiger partial charge on any atom is 0.126 e. The molecular weight excluding hydrogens is 204 g/mol. The van der Waals surface area contributed by atoms with Gasteiger partial charge >= 0.3 is 0 Å². The molecule has 0 fully saturated rings. The van der Waals surface area contributed by atoms with Gasteiger partial charge in [0.1, 0.15) is 5.82 Å². The highest BCUT2D eigenvalue weighted by Crippen LogP contribution is 2.16. The smallest absolute Gasteiger partial charge is 0.126 e. The Hall–Kier alpha value is -1.35. The number of nitrogens with zero attached hydrogens (tertiary/aromatic N) is 1. The van der Waals surface area contributed by atoms with Gasteiger partial charge in [-0.15, -0.1) is 11.3 Å². The van der Waals surface area contributed by atoms with Gasteiger partial charge in [-0.25, -0.2) is 4.98 Å². The molecule has 2 aromatic heterocycles. The number of pyridine rings is 1. The summed E-state index contributed by atoms with van der Waals surface area (Å²) in [6.07, 6.45) is 1.88. The van der Waals surface area contributed by atoms with Gasteiger partial charge < -0.3 is 5.32 Å². The number of rotatable bonds is 3. The van der Waals surface area contributed by atoms with E-state index in [0.717, 1.165) is 12.4 Å². The molecule has 15 heavy (non-hydrogen) atoms. The van der Waals surface area contributed by atoms with E-state index in [2.05, 4.69) is 34.7 Å². The molecular formula is C12H14N2S. The highest BCUT2D eigenvalue weighted by Gasteiger charge is 1.99. The van der Waals surface area contributed by atoms with Crippen molar-refractivity contribution in [3.05, 3.63) is 45.8 Å².